The van der Waals surface area contributed by atoms with Crippen molar-refractivity contribution in [2.45, 2.75) is 77.1 Å². The zero-order valence-electron chi connectivity index (χ0n) is 12.6. The molecule has 4 nitrogen and oxygen atoms in total. The number of rotatable bonds is 6. The van der Waals surface area contributed by atoms with Crippen LogP contribution < -0.4 is 5.32 Å². The molecule has 3 atom stereocenters. The second kappa shape index (κ2) is 6.23. The number of carbonyl (C=O) groups excluding carboxylic acids is 1. The Morgan fingerprint density at radius 2 is 2.21 bits per heavy atom. The Hall–Kier alpha value is -0.610. The Morgan fingerprint density at radius 1 is 1.42 bits per heavy atom. The van der Waals surface area contributed by atoms with Crippen molar-refractivity contribution < 1.29 is 9.53 Å². The summed E-state index contributed by atoms with van der Waals surface area (Å²) in [5.74, 6) is 0.270. The lowest BCUT2D eigenvalue weighted by Crippen LogP contribution is -2.43. The van der Waals surface area contributed by atoms with E-state index in [1.165, 1.54) is 6.42 Å². The van der Waals surface area contributed by atoms with E-state index in [0.29, 0.717) is 6.10 Å². The molecule has 2 aliphatic rings. The van der Waals surface area contributed by atoms with Crippen LogP contribution in [0.25, 0.3) is 0 Å². The normalized spacial score (nSPS) is 35.3. The second-order valence-corrected chi connectivity index (χ2v) is 6.06. The van der Waals surface area contributed by atoms with Gasteiger partial charge in [0.25, 0.3) is 0 Å². The van der Waals surface area contributed by atoms with Crippen molar-refractivity contribution in [2.24, 2.45) is 0 Å². The molecular weight excluding hydrogens is 240 g/mol. The van der Waals surface area contributed by atoms with E-state index < -0.39 is 0 Å². The van der Waals surface area contributed by atoms with Gasteiger partial charge in [-0.25, -0.2) is 0 Å². The monoisotopic (exact) mass is 268 g/mol. The molecule has 0 aliphatic carbocycles. The maximum atomic E-state index is 12.6. The fraction of sp³-hybridized carbons (Fsp3) is 0.933. The Bertz CT molecular complexity index is 315. The average Bonchev–Trinajstić information content (AvgIpc) is 2.98. The van der Waals surface area contributed by atoms with Crippen LogP contribution in [0.3, 0.4) is 0 Å². The van der Waals surface area contributed by atoms with E-state index in [4.69, 9.17) is 4.74 Å². The minimum Gasteiger partial charge on any atom is -0.378 e. The lowest BCUT2D eigenvalue weighted by Gasteiger charge is -2.25. The molecule has 1 amide bonds. The maximum Gasteiger partial charge on any atom is 0.243 e. The first kappa shape index (κ1) is 14.8. The number of hydrogen-bond acceptors (Lipinski definition) is 3. The van der Waals surface area contributed by atoms with Crippen LogP contribution in [0.1, 0.15) is 59.3 Å². The lowest BCUT2D eigenvalue weighted by atomic mass is 9.99. The third-order valence-corrected chi connectivity index (χ3v) is 4.58. The summed E-state index contributed by atoms with van der Waals surface area (Å²) in [5.41, 5.74) is -0.365. The van der Waals surface area contributed by atoms with Gasteiger partial charge in [-0.1, -0.05) is 20.3 Å². The van der Waals surface area contributed by atoms with Crippen molar-refractivity contribution in [1.29, 1.82) is 0 Å². The summed E-state index contributed by atoms with van der Waals surface area (Å²) in [5, 5.41) is 3.53. The van der Waals surface area contributed by atoms with E-state index in [2.05, 4.69) is 24.1 Å². The predicted molar refractivity (Wildman–Crippen MR) is 75.8 cm³/mol. The molecule has 19 heavy (non-hydrogen) atoms. The van der Waals surface area contributed by atoms with Gasteiger partial charge in [-0.2, -0.15) is 0 Å². The van der Waals surface area contributed by atoms with Crippen LogP contribution in [0, 0.1) is 0 Å². The summed E-state index contributed by atoms with van der Waals surface area (Å²) < 4.78 is 5.66. The molecule has 4 heteroatoms. The van der Waals surface area contributed by atoms with Gasteiger partial charge < -0.3 is 9.64 Å². The third-order valence-electron chi connectivity index (χ3n) is 4.58. The van der Waals surface area contributed by atoms with E-state index in [1.807, 2.05) is 6.92 Å². The molecule has 2 aliphatic heterocycles. The van der Waals surface area contributed by atoms with Crippen molar-refractivity contribution in [3.05, 3.63) is 0 Å². The fourth-order valence-electron chi connectivity index (χ4n) is 3.13. The first-order valence-corrected chi connectivity index (χ1v) is 7.81. The van der Waals surface area contributed by atoms with E-state index >= 15 is 0 Å². The molecule has 110 valence electrons. The standard InChI is InChI=1S/C15H28N2O2/c1-4-7-13-16-15(3,5-2)14(18)17(13)10-9-12-8-6-11-19-12/h12-13,16H,4-11H2,1-3H3. The Morgan fingerprint density at radius 3 is 2.79 bits per heavy atom. The summed E-state index contributed by atoms with van der Waals surface area (Å²) >= 11 is 0. The lowest BCUT2D eigenvalue weighted by molar-refractivity contribution is -0.133. The summed E-state index contributed by atoms with van der Waals surface area (Å²) in [7, 11) is 0. The second-order valence-electron chi connectivity index (χ2n) is 6.06. The Kier molecular flexibility index (Phi) is 4.85. The number of nitrogens with one attached hydrogen (secondary N) is 1. The van der Waals surface area contributed by atoms with Crippen LogP contribution in [0.5, 0.6) is 0 Å². The van der Waals surface area contributed by atoms with E-state index in [9.17, 15) is 4.79 Å². The van der Waals surface area contributed by atoms with Crippen LogP contribution in [0.4, 0.5) is 0 Å². The van der Waals surface area contributed by atoms with Crippen LogP contribution in [0.15, 0.2) is 0 Å². The maximum absolute atomic E-state index is 12.6. The minimum absolute atomic E-state index is 0.212. The molecule has 3 unspecified atom stereocenters. The zero-order chi connectivity index (χ0) is 13.9. The quantitative estimate of drug-likeness (QED) is 0.803. The van der Waals surface area contributed by atoms with Crippen molar-refractivity contribution in [1.82, 2.24) is 10.2 Å². The van der Waals surface area contributed by atoms with Gasteiger partial charge in [0, 0.05) is 13.2 Å². The minimum atomic E-state index is -0.365. The number of carbonyl (C=O) groups is 1. The number of ether oxygens (including phenoxy) is 1. The highest BCUT2D eigenvalue weighted by molar-refractivity contribution is 5.88. The highest BCUT2D eigenvalue weighted by Crippen LogP contribution is 2.27. The fourth-order valence-corrected chi connectivity index (χ4v) is 3.13. The summed E-state index contributed by atoms with van der Waals surface area (Å²) in [6.07, 6.45) is 6.86. The van der Waals surface area contributed by atoms with Crippen LogP contribution in [0.2, 0.25) is 0 Å². The summed E-state index contributed by atoms with van der Waals surface area (Å²) in [4.78, 5) is 14.6. The average molecular weight is 268 g/mol. The number of amides is 1. The molecule has 0 saturated carbocycles. The van der Waals surface area contributed by atoms with Gasteiger partial charge >= 0.3 is 0 Å². The van der Waals surface area contributed by atoms with Gasteiger partial charge in [0.15, 0.2) is 0 Å². The van der Waals surface area contributed by atoms with E-state index in [1.54, 1.807) is 0 Å². The van der Waals surface area contributed by atoms with Crippen LogP contribution in [-0.2, 0) is 9.53 Å². The summed E-state index contributed by atoms with van der Waals surface area (Å²) in [6.45, 7) is 8.01. The molecule has 2 saturated heterocycles. The molecule has 1 N–H and O–H groups in total. The van der Waals surface area contributed by atoms with Gasteiger partial charge in [0.05, 0.1) is 17.8 Å². The molecule has 2 fully saturated rings. The predicted octanol–water partition coefficient (Wildman–Crippen LogP) is 2.28. The smallest absolute Gasteiger partial charge is 0.243 e. The zero-order valence-corrected chi connectivity index (χ0v) is 12.6. The first-order valence-electron chi connectivity index (χ1n) is 7.81. The van der Waals surface area contributed by atoms with E-state index in [0.717, 1.165) is 45.3 Å². The van der Waals surface area contributed by atoms with Crippen LogP contribution in [-0.4, -0.2) is 41.8 Å². The topological polar surface area (TPSA) is 41.6 Å². The van der Waals surface area contributed by atoms with Crippen molar-refractivity contribution >= 4 is 5.91 Å². The molecular formula is C15H28N2O2. The van der Waals surface area contributed by atoms with Crippen LogP contribution >= 0.6 is 0 Å². The number of hydrogen-bond donors (Lipinski definition) is 1. The number of nitrogens with zero attached hydrogens (tertiary/aromatic N) is 1. The summed E-state index contributed by atoms with van der Waals surface area (Å²) in [6, 6.07) is 0. The molecule has 0 spiro atoms. The van der Waals surface area contributed by atoms with Gasteiger partial charge in [0.1, 0.15) is 0 Å². The highest BCUT2D eigenvalue weighted by atomic mass is 16.5. The van der Waals surface area contributed by atoms with Gasteiger partial charge in [0.2, 0.25) is 5.91 Å². The first-order chi connectivity index (χ1) is 9.10. The van der Waals surface area contributed by atoms with Crippen molar-refractivity contribution in [2.75, 3.05) is 13.2 Å². The van der Waals surface area contributed by atoms with Crippen molar-refractivity contribution in [3.8, 4) is 0 Å². The van der Waals surface area contributed by atoms with E-state index in [-0.39, 0.29) is 17.6 Å². The van der Waals surface area contributed by atoms with Gasteiger partial charge in [-0.3, -0.25) is 10.1 Å². The highest BCUT2D eigenvalue weighted by Gasteiger charge is 2.45. The van der Waals surface area contributed by atoms with Crippen molar-refractivity contribution in [3.63, 3.8) is 0 Å². The Labute approximate surface area is 116 Å². The molecule has 0 radical (unpaired) electrons. The van der Waals surface area contributed by atoms with Gasteiger partial charge in [-0.15, -0.1) is 0 Å². The molecule has 2 rings (SSSR count). The molecule has 0 aromatic carbocycles. The molecule has 0 aromatic rings. The molecule has 0 bridgehead atoms. The van der Waals surface area contributed by atoms with Gasteiger partial charge in [-0.05, 0) is 39.0 Å². The molecule has 0 aromatic heterocycles. The SMILES string of the molecule is CCCC1NC(C)(CC)C(=O)N1CCC1CCCO1. The third kappa shape index (κ3) is 3.11. The largest absolute Gasteiger partial charge is 0.378 e. The Balaban J connectivity index is 1.96. The molecule has 2 heterocycles.